The molecule has 0 bridgehead atoms. The summed E-state index contributed by atoms with van der Waals surface area (Å²) in [6.45, 7) is 3.50. The van der Waals surface area contributed by atoms with Crippen molar-refractivity contribution in [3.8, 4) is 0 Å². The minimum Gasteiger partial charge on any atom is -0.351 e. The number of anilines is 1. The molecule has 1 fully saturated rings. The van der Waals surface area contributed by atoms with Crippen molar-refractivity contribution in [1.29, 1.82) is 0 Å². The molecular weight excluding hydrogens is 364 g/mol. The number of nitrogens with one attached hydrogen (secondary N) is 2. The Labute approximate surface area is 164 Å². The quantitative estimate of drug-likeness (QED) is 0.702. The SMILES string of the molecule is Cl.O=c1cc(CN2CCCCCC2)nc2nc(NCc3ccccc3)[nH]n12. The van der Waals surface area contributed by atoms with Gasteiger partial charge in [0.15, 0.2) is 0 Å². The molecule has 2 aromatic heterocycles. The van der Waals surface area contributed by atoms with Crippen LogP contribution in [0.5, 0.6) is 0 Å². The van der Waals surface area contributed by atoms with Gasteiger partial charge < -0.3 is 5.32 Å². The number of H-pyrrole nitrogens is 1. The number of rotatable bonds is 5. The van der Waals surface area contributed by atoms with Crippen molar-refractivity contribution in [2.75, 3.05) is 18.4 Å². The summed E-state index contributed by atoms with van der Waals surface area (Å²) in [6, 6.07) is 11.7. The van der Waals surface area contributed by atoms with Crippen LogP contribution in [-0.2, 0) is 13.1 Å². The van der Waals surface area contributed by atoms with Crippen LogP contribution >= 0.6 is 12.4 Å². The molecule has 1 aliphatic heterocycles. The Bertz CT molecular complexity index is 915. The van der Waals surface area contributed by atoms with E-state index in [0.717, 1.165) is 24.3 Å². The van der Waals surface area contributed by atoms with E-state index in [-0.39, 0.29) is 18.0 Å². The fraction of sp³-hybridized carbons (Fsp3) is 0.421. The van der Waals surface area contributed by atoms with E-state index in [4.69, 9.17) is 0 Å². The van der Waals surface area contributed by atoms with Gasteiger partial charge in [0.25, 0.3) is 11.3 Å². The molecule has 1 saturated heterocycles. The highest BCUT2D eigenvalue weighted by molar-refractivity contribution is 5.85. The number of aromatic nitrogens is 4. The fourth-order valence-electron chi connectivity index (χ4n) is 3.39. The van der Waals surface area contributed by atoms with E-state index in [2.05, 4.69) is 25.3 Å². The first-order chi connectivity index (χ1) is 12.8. The monoisotopic (exact) mass is 388 g/mol. The average molecular weight is 389 g/mol. The minimum absolute atomic E-state index is 0. The number of likely N-dealkylation sites (tertiary alicyclic amines) is 1. The Morgan fingerprint density at radius 3 is 2.52 bits per heavy atom. The molecule has 8 heteroatoms. The molecule has 0 unspecified atom stereocenters. The maximum absolute atomic E-state index is 12.4. The molecule has 27 heavy (non-hydrogen) atoms. The number of halogens is 1. The number of aromatic amines is 1. The Morgan fingerprint density at radius 1 is 1.04 bits per heavy atom. The van der Waals surface area contributed by atoms with Crippen molar-refractivity contribution < 1.29 is 0 Å². The number of benzene rings is 1. The molecule has 0 radical (unpaired) electrons. The van der Waals surface area contributed by atoms with Crippen LogP contribution in [0.2, 0.25) is 0 Å². The summed E-state index contributed by atoms with van der Waals surface area (Å²) < 4.78 is 1.39. The van der Waals surface area contributed by atoms with Crippen LogP contribution in [0.25, 0.3) is 5.78 Å². The third kappa shape index (κ3) is 4.87. The van der Waals surface area contributed by atoms with E-state index in [1.807, 2.05) is 30.3 Å². The second kappa shape index (κ2) is 9.01. The maximum atomic E-state index is 12.4. The highest BCUT2D eigenvalue weighted by atomic mass is 35.5. The summed E-state index contributed by atoms with van der Waals surface area (Å²) in [5.41, 5.74) is 1.81. The lowest BCUT2D eigenvalue weighted by Gasteiger charge is -2.18. The summed E-state index contributed by atoms with van der Waals surface area (Å²) in [6.07, 6.45) is 5.03. The molecule has 7 nitrogen and oxygen atoms in total. The molecule has 3 heterocycles. The molecule has 1 aromatic carbocycles. The Hall–Kier alpha value is -2.38. The van der Waals surface area contributed by atoms with Gasteiger partial charge in [-0.15, -0.1) is 12.4 Å². The van der Waals surface area contributed by atoms with Gasteiger partial charge in [0.2, 0.25) is 5.95 Å². The van der Waals surface area contributed by atoms with Crippen LogP contribution in [0.3, 0.4) is 0 Å². The van der Waals surface area contributed by atoms with Crippen molar-refractivity contribution in [2.24, 2.45) is 0 Å². The van der Waals surface area contributed by atoms with Gasteiger partial charge >= 0.3 is 0 Å². The van der Waals surface area contributed by atoms with Gasteiger partial charge in [-0.05, 0) is 31.5 Å². The summed E-state index contributed by atoms with van der Waals surface area (Å²) in [7, 11) is 0. The molecule has 0 amide bonds. The van der Waals surface area contributed by atoms with Crippen LogP contribution in [-0.4, -0.2) is 37.6 Å². The minimum atomic E-state index is -0.125. The van der Waals surface area contributed by atoms with E-state index in [1.165, 1.54) is 30.2 Å². The molecule has 144 valence electrons. The summed E-state index contributed by atoms with van der Waals surface area (Å²) in [4.78, 5) is 23.8. The van der Waals surface area contributed by atoms with Gasteiger partial charge in [-0.3, -0.25) is 14.8 Å². The third-order valence-corrected chi connectivity index (χ3v) is 4.77. The van der Waals surface area contributed by atoms with Gasteiger partial charge in [0.05, 0.1) is 5.69 Å². The van der Waals surface area contributed by atoms with Crippen LogP contribution in [0, 0.1) is 0 Å². The molecule has 2 N–H and O–H groups in total. The second-order valence-electron chi connectivity index (χ2n) is 6.82. The smallest absolute Gasteiger partial charge is 0.274 e. The van der Waals surface area contributed by atoms with Crippen molar-refractivity contribution in [3.63, 3.8) is 0 Å². The molecule has 0 saturated carbocycles. The zero-order valence-electron chi connectivity index (χ0n) is 15.2. The Morgan fingerprint density at radius 2 is 1.78 bits per heavy atom. The molecule has 0 aliphatic carbocycles. The first-order valence-corrected chi connectivity index (χ1v) is 9.27. The summed E-state index contributed by atoms with van der Waals surface area (Å²) in [5, 5.41) is 6.19. The van der Waals surface area contributed by atoms with Gasteiger partial charge in [0, 0.05) is 19.2 Å². The predicted molar refractivity (Wildman–Crippen MR) is 108 cm³/mol. The van der Waals surface area contributed by atoms with Gasteiger partial charge in [-0.1, -0.05) is 43.2 Å². The largest absolute Gasteiger partial charge is 0.351 e. The van der Waals surface area contributed by atoms with Crippen molar-refractivity contribution >= 4 is 24.1 Å². The molecule has 1 aliphatic rings. The highest BCUT2D eigenvalue weighted by Crippen LogP contribution is 2.12. The zero-order chi connectivity index (χ0) is 17.8. The Kier molecular flexibility index (Phi) is 6.47. The lowest BCUT2D eigenvalue weighted by Crippen LogP contribution is -2.26. The average Bonchev–Trinajstić information content (AvgIpc) is 2.90. The molecular formula is C19H25ClN6O. The molecule has 4 rings (SSSR count). The molecule has 3 aromatic rings. The van der Waals surface area contributed by atoms with Crippen molar-refractivity contribution in [3.05, 3.63) is 58.0 Å². The molecule has 0 atom stereocenters. The first-order valence-electron chi connectivity index (χ1n) is 9.27. The fourth-order valence-corrected chi connectivity index (χ4v) is 3.39. The third-order valence-electron chi connectivity index (χ3n) is 4.77. The zero-order valence-corrected chi connectivity index (χ0v) is 16.0. The van der Waals surface area contributed by atoms with E-state index < -0.39 is 0 Å². The normalized spacial score (nSPS) is 15.3. The van der Waals surface area contributed by atoms with Crippen LogP contribution in [0.4, 0.5) is 5.95 Å². The van der Waals surface area contributed by atoms with E-state index >= 15 is 0 Å². The maximum Gasteiger partial charge on any atom is 0.274 e. The van der Waals surface area contributed by atoms with Crippen LogP contribution in [0.15, 0.2) is 41.2 Å². The number of hydrogen-bond donors (Lipinski definition) is 2. The number of hydrogen-bond acceptors (Lipinski definition) is 5. The summed E-state index contributed by atoms with van der Waals surface area (Å²) >= 11 is 0. The lowest BCUT2D eigenvalue weighted by molar-refractivity contribution is 0.273. The Balaban J connectivity index is 0.00000210. The van der Waals surface area contributed by atoms with E-state index in [1.54, 1.807) is 6.07 Å². The number of nitrogens with zero attached hydrogens (tertiary/aromatic N) is 4. The van der Waals surface area contributed by atoms with Crippen LogP contribution < -0.4 is 10.9 Å². The lowest BCUT2D eigenvalue weighted by atomic mass is 10.2. The summed E-state index contributed by atoms with van der Waals surface area (Å²) in [5.74, 6) is 0.961. The second-order valence-corrected chi connectivity index (χ2v) is 6.82. The standard InChI is InChI=1S/C19H24N6O.ClH/c26-17-12-16(14-24-10-6-1-2-7-11-24)21-19-22-18(23-25(17)19)20-13-15-8-4-3-5-9-15;/h3-5,8-9,12H,1-2,6-7,10-11,13-14H2,(H2,20,21,22,23);1H. The highest BCUT2D eigenvalue weighted by Gasteiger charge is 2.13. The van der Waals surface area contributed by atoms with Gasteiger partial charge in [-0.25, -0.2) is 4.98 Å². The van der Waals surface area contributed by atoms with Crippen LogP contribution in [0.1, 0.15) is 36.9 Å². The number of fused-ring (bicyclic) bond motifs is 1. The predicted octanol–water partition coefficient (Wildman–Crippen LogP) is 2.83. The van der Waals surface area contributed by atoms with Crippen molar-refractivity contribution in [1.82, 2.24) is 24.5 Å². The van der Waals surface area contributed by atoms with E-state index in [0.29, 0.717) is 24.8 Å². The first kappa shape index (κ1) is 19.4. The van der Waals surface area contributed by atoms with E-state index in [9.17, 15) is 4.79 Å². The van der Waals surface area contributed by atoms with Gasteiger partial charge in [-0.2, -0.15) is 9.50 Å². The topological polar surface area (TPSA) is 78.3 Å². The molecule has 0 spiro atoms. The van der Waals surface area contributed by atoms with Crippen molar-refractivity contribution in [2.45, 2.75) is 38.8 Å². The van der Waals surface area contributed by atoms with Gasteiger partial charge in [0.1, 0.15) is 0 Å².